The van der Waals surface area contributed by atoms with Gasteiger partial charge < -0.3 is 14.9 Å². The third kappa shape index (κ3) is 7.70. The van der Waals surface area contributed by atoms with Crippen molar-refractivity contribution >= 4 is 0 Å². The molecule has 0 fully saturated rings. The first-order valence-electron chi connectivity index (χ1n) is 12.5. The predicted octanol–water partition coefficient (Wildman–Crippen LogP) is 8.20. The van der Waals surface area contributed by atoms with E-state index in [0.717, 1.165) is 42.6 Å². The number of methoxy groups -OCH3 is 1. The monoisotopic (exact) mass is 434 g/mol. The molecule has 31 heavy (non-hydrogen) atoms. The number of phenols is 1. The van der Waals surface area contributed by atoms with Crippen molar-refractivity contribution in [3.05, 3.63) is 22.8 Å². The molecule has 0 radical (unpaired) electrons. The molecule has 3 nitrogen and oxygen atoms in total. The Kier molecular flexibility index (Phi) is 10.9. The number of unbranched alkanes of at least 4 members (excludes halogenated alkanes) is 5. The lowest BCUT2D eigenvalue weighted by Crippen LogP contribution is -2.24. The zero-order valence-electron chi connectivity index (χ0n) is 21.9. The van der Waals surface area contributed by atoms with Crippen LogP contribution in [0.2, 0.25) is 0 Å². The van der Waals surface area contributed by atoms with Crippen LogP contribution < -0.4 is 4.74 Å². The van der Waals surface area contributed by atoms with Crippen LogP contribution >= 0.6 is 0 Å². The Morgan fingerprint density at radius 3 is 1.81 bits per heavy atom. The average Bonchev–Trinajstić information content (AvgIpc) is 2.67. The van der Waals surface area contributed by atoms with Gasteiger partial charge in [0.15, 0.2) is 0 Å². The first-order valence-corrected chi connectivity index (χ1v) is 12.5. The van der Waals surface area contributed by atoms with Crippen molar-refractivity contribution < 1.29 is 14.9 Å². The minimum atomic E-state index is -0.685. The highest BCUT2D eigenvalue weighted by Crippen LogP contribution is 2.49. The molecule has 0 saturated heterocycles. The summed E-state index contributed by atoms with van der Waals surface area (Å²) in [5.41, 5.74) is 2.17. The van der Waals surface area contributed by atoms with Crippen LogP contribution in [0.5, 0.6) is 11.5 Å². The second kappa shape index (κ2) is 12.1. The fraction of sp³-hybridized carbons (Fsp3) is 0.786. The topological polar surface area (TPSA) is 49.7 Å². The van der Waals surface area contributed by atoms with Crippen LogP contribution in [0.1, 0.15) is 136 Å². The molecule has 1 aromatic carbocycles. The zero-order valence-corrected chi connectivity index (χ0v) is 21.9. The van der Waals surface area contributed by atoms with E-state index in [1.54, 1.807) is 7.11 Å². The van der Waals surface area contributed by atoms with E-state index in [0.29, 0.717) is 5.56 Å². The number of hydrogen-bond acceptors (Lipinski definition) is 3. The predicted molar refractivity (Wildman–Crippen MR) is 133 cm³/mol. The highest BCUT2D eigenvalue weighted by atomic mass is 16.5. The van der Waals surface area contributed by atoms with Crippen molar-refractivity contribution in [2.45, 2.75) is 130 Å². The van der Waals surface area contributed by atoms with E-state index in [1.165, 1.54) is 32.1 Å². The first kappa shape index (κ1) is 27.8. The first-order chi connectivity index (χ1) is 14.4. The molecule has 0 amide bonds. The number of phenolic OH excluding ortho intramolecular Hbond substituents is 1. The number of aliphatic hydroxyl groups is 1. The quantitative estimate of drug-likeness (QED) is 0.326. The highest BCUT2D eigenvalue weighted by molar-refractivity contribution is 5.59. The standard InChI is InChI=1S/C28H50O3/c1-10-12-14-16-18-20(17-15-13-11-2)25(30)23-22(29)19-21(27(3,4)5)26(31-9)24(23)28(6,7)8/h19-20,25,29-30H,10-18H2,1-9H3. The molecule has 2 N–H and O–H groups in total. The van der Waals surface area contributed by atoms with E-state index < -0.39 is 6.10 Å². The van der Waals surface area contributed by atoms with Gasteiger partial charge in [-0.25, -0.2) is 0 Å². The summed E-state index contributed by atoms with van der Waals surface area (Å²) in [4.78, 5) is 0. The van der Waals surface area contributed by atoms with Crippen LogP contribution in [0.25, 0.3) is 0 Å². The highest BCUT2D eigenvalue weighted by Gasteiger charge is 2.35. The van der Waals surface area contributed by atoms with Crippen molar-refractivity contribution in [1.29, 1.82) is 0 Å². The molecule has 0 aromatic heterocycles. The van der Waals surface area contributed by atoms with Crippen molar-refractivity contribution in [3.63, 3.8) is 0 Å². The van der Waals surface area contributed by atoms with Gasteiger partial charge in [0.2, 0.25) is 0 Å². The Hall–Kier alpha value is -1.22. The summed E-state index contributed by atoms with van der Waals surface area (Å²) >= 11 is 0. The van der Waals surface area contributed by atoms with Gasteiger partial charge >= 0.3 is 0 Å². The molecule has 1 rings (SSSR count). The number of benzene rings is 1. The van der Waals surface area contributed by atoms with Crippen LogP contribution in [0.3, 0.4) is 0 Å². The van der Waals surface area contributed by atoms with Gasteiger partial charge in [0.25, 0.3) is 0 Å². The van der Waals surface area contributed by atoms with Gasteiger partial charge in [-0.05, 0) is 35.7 Å². The Bertz CT molecular complexity index is 664. The number of ether oxygens (including phenoxy) is 1. The van der Waals surface area contributed by atoms with Crippen LogP contribution in [-0.4, -0.2) is 17.3 Å². The van der Waals surface area contributed by atoms with Gasteiger partial charge in [0.05, 0.1) is 13.2 Å². The van der Waals surface area contributed by atoms with Crippen LogP contribution in [0, 0.1) is 5.92 Å². The number of aliphatic hydroxyl groups excluding tert-OH is 1. The van der Waals surface area contributed by atoms with E-state index in [-0.39, 0.29) is 22.5 Å². The Morgan fingerprint density at radius 1 is 0.839 bits per heavy atom. The molecule has 1 aromatic rings. The summed E-state index contributed by atoms with van der Waals surface area (Å²) in [6.07, 6.45) is 9.57. The Morgan fingerprint density at radius 2 is 1.35 bits per heavy atom. The second-order valence-electron chi connectivity index (χ2n) is 11.3. The van der Waals surface area contributed by atoms with E-state index >= 15 is 0 Å². The zero-order chi connectivity index (χ0) is 23.8. The normalized spacial score (nSPS) is 14.5. The summed E-state index contributed by atoms with van der Waals surface area (Å²) in [5, 5.41) is 22.9. The van der Waals surface area contributed by atoms with Crippen LogP contribution in [0.4, 0.5) is 0 Å². The second-order valence-corrected chi connectivity index (χ2v) is 11.3. The smallest absolute Gasteiger partial charge is 0.126 e. The SMILES string of the molecule is CCCCCCC(CCCCC)C(O)c1c(O)cc(C(C)(C)C)c(OC)c1C(C)(C)C. The van der Waals surface area contributed by atoms with Crippen molar-refractivity contribution in [1.82, 2.24) is 0 Å². The third-order valence-electron chi connectivity index (χ3n) is 6.41. The molecular weight excluding hydrogens is 384 g/mol. The van der Waals surface area contributed by atoms with E-state index in [9.17, 15) is 10.2 Å². The Balaban J connectivity index is 3.52. The average molecular weight is 435 g/mol. The summed E-state index contributed by atoms with van der Waals surface area (Å²) in [6, 6.07) is 1.83. The van der Waals surface area contributed by atoms with E-state index in [2.05, 4.69) is 55.4 Å². The molecule has 0 spiro atoms. The molecule has 0 bridgehead atoms. The van der Waals surface area contributed by atoms with Crippen molar-refractivity contribution in [2.24, 2.45) is 5.92 Å². The number of hydrogen-bond donors (Lipinski definition) is 2. The molecule has 0 aliphatic carbocycles. The van der Waals surface area contributed by atoms with Gasteiger partial charge in [0.1, 0.15) is 11.5 Å². The van der Waals surface area contributed by atoms with Gasteiger partial charge in [-0.3, -0.25) is 0 Å². The third-order valence-corrected chi connectivity index (χ3v) is 6.41. The van der Waals surface area contributed by atoms with Gasteiger partial charge in [0, 0.05) is 16.7 Å². The summed E-state index contributed by atoms with van der Waals surface area (Å²) < 4.78 is 5.94. The van der Waals surface area contributed by atoms with E-state index in [1.807, 2.05) is 6.07 Å². The molecule has 3 heteroatoms. The fourth-order valence-electron chi connectivity index (χ4n) is 4.66. The minimum Gasteiger partial charge on any atom is -0.508 e. The lowest BCUT2D eigenvalue weighted by atomic mass is 9.73. The van der Waals surface area contributed by atoms with Gasteiger partial charge in [-0.2, -0.15) is 0 Å². The van der Waals surface area contributed by atoms with Gasteiger partial charge in [-0.1, -0.05) is 100 Å². The molecule has 0 aliphatic rings. The number of rotatable bonds is 12. The number of aromatic hydroxyl groups is 1. The molecule has 0 heterocycles. The lowest BCUT2D eigenvalue weighted by molar-refractivity contribution is 0.0893. The Labute approximate surface area is 192 Å². The van der Waals surface area contributed by atoms with Crippen molar-refractivity contribution in [2.75, 3.05) is 7.11 Å². The van der Waals surface area contributed by atoms with Crippen molar-refractivity contribution in [3.8, 4) is 11.5 Å². The molecular formula is C28H50O3. The van der Waals surface area contributed by atoms with E-state index in [4.69, 9.17) is 4.74 Å². The maximum atomic E-state index is 11.7. The fourth-order valence-corrected chi connectivity index (χ4v) is 4.66. The molecule has 2 atom stereocenters. The minimum absolute atomic E-state index is 0.153. The molecule has 180 valence electrons. The molecule has 0 aliphatic heterocycles. The van der Waals surface area contributed by atoms with Crippen LogP contribution in [0.15, 0.2) is 6.07 Å². The lowest BCUT2D eigenvalue weighted by Gasteiger charge is -2.35. The summed E-state index contributed by atoms with van der Waals surface area (Å²) in [5.74, 6) is 1.17. The largest absolute Gasteiger partial charge is 0.508 e. The maximum Gasteiger partial charge on any atom is 0.126 e. The maximum absolute atomic E-state index is 11.7. The van der Waals surface area contributed by atoms with Gasteiger partial charge in [-0.15, -0.1) is 0 Å². The molecule has 0 saturated carbocycles. The van der Waals surface area contributed by atoms with Crippen LogP contribution in [-0.2, 0) is 10.8 Å². The summed E-state index contributed by atoms with van der Waals surface area (Å²) in [6.45, 7) is 17.3. The summed E-state index contributed by atoms with van der Waals surface area (Å²) in [7, 11) is 1.70. The molecule has 2 unspecified atom stereocenters.